The van der Waals surface area contributed by atoms with Crippen LogP contribution in [0.3, 0.4) is 0 Å². The zero-order chi connectivity index (χ0) is 11.5. The van der Waals surface area contributed by atoms with E-state index in [9.17, 15) is 0 Å². The molecule has 0 aromatic heterocycles. The molecule has 1 fully saturated rings. The molecule has 0 amide bonds. The van der Waals surface area contributed by atoms with E-state index in [1.165, 1.54) is 43.6 Å². The van der Waals surface area contributed by atoms with E-state index in [0.717, 1.165) is 11.6 Å². The fraction of sp³-hybridized carbons (Fsp3) is 0.571. The first-order chi connectivity index (χ1) is 7.70. The van der Waals surface area contributed by atoms with Crippen LogP contribution in [0.5, 0.6) is 0 Å². The Morgan fingerprint density at radius 1 is 1.44 bits per heavy atom. The van der Waals surface area contributed by atoms with E-state index < -0.39 is 0 Å². The maximum absolute atomic E-state index is 5.86. The maximum atomic E-state index is 5.86. The third-order valence-corrected chi connectivity index (χ3v) is 3.56. The molecule has 0 radical (unpaired) electrons. The van der Waals surface area contributed by atoms with Gasteiger partial charge in [0, 0.05) is 24.5 Å². The largest absolute Gasteiger partial charge is 0.399 e. The van der Waals surface area contributed by atoms with Crippen molar-refractivity contribution in [2.45, 2.75) is 33.1 Å². The monoisotopic (exact) mass is 218 g/mol. The number of nitrogens with two attached hydrogens (primary N) is 1. The summed E-state index contributed by atoms with van der Waals surface area (Å²) in [6.07, 6.45) is 3.99. The van der Waals surface area contributed by atoms with Crippen LogP contribution in [0, 0.1) is 12.8 Å². The van der Waals surface area contributed by atoms with Crippen LogP contribution < -0.4 is 10.6 Å². The van der Waals surface area contributed by atoms with Gasteiger partial charge in [0.2, 0.25) is 0 Å². The van der Waals surface area contributed by atoms with Gasteiger partial charge in [-0.3, -0.25) is 0 Å². The molecule has 1 aliphatic heterocycles. The number of benzene rings is 1. The summed E-state index contributed by atoms with van der Waals surface area (Å²) in [5, 5.41) is 0. The lowest BCUT2D eigenvalue weighted by Crippen LogP contribution is -2.20. The van der Waals surface area contributed by atoms with Gasteiger partial charge in [0.05, 0.1) is 0 Å². The summed E-state index contributed by atoms with van der Waals surface area (Å²) in [6.45, 7) is 6.84. The first-order valence-corrected chi connectivity index (χ1v) is 6.31. The third-order valence-electron chi connectivity index (χ3n) is 3.56. The topological polar surface area (TPSA) is 29.3 Å². The summed E-state index contributed by atoms with van der Waals surface area (Å²) in [7, 11) is 0. The van der Waals surface area contributed by atoms with Gasteiger partial charge in [-0.1, -0.05) is 19.4 Å². The minimum atomic E-state index is 0.875. The molecule has 1 heterocycles. The van der Waals surface area contributed by atoms with Gasteiger partial charge in [-0.25, -0.2) is 0 Å². The molecule has 1 saturated heterocycles. The smallest absolute Gasteiger partial charge is 0.0416 e. The Kier molecular flexibility index (Phi) is 3.37. The molecule has 1 unspecified atom stereocenters. The summed E-state index contributed by atoms with van der Waals surface area (Å²) in [4.78, 5) is 2.49. The minimum Gasteiger partial charge on any atom is -0.399 e. The number of nitrogens with zero attached hydrogens (tertiary/aromatic N) is 1. The molecule has 2 heteroatoms. The van der Waals surface area contributed by atoms with E-state index in [1.54, 1.807) is 0 Å². The van der Waals surface area contributed by atoms with Crippen LogP contribution in [0.4, 0.5) is 11.4 Å². The van der Waals surface area contributed by atoms with Crippen molar-refractivity contribution in [3.8, 4) is 0 Å². The Morgan fingerprint density at radius 2 is 2.25 bits per heavy atom. The van der Waals surface area contributed by atoms with E-state index in [2.05, 4.69) is 30.9 Å². The molecule has 1 aromatic carbocycles. The summed E-state index contributed by atoms with van der Waals surface area (Å²) in [5.74, 6) is 0.880. The lowest BCUT2D eigenvalue weighted by molar-refractivity contribution is 0.530. The van der Waals surface area contributed by atoms with E-state index >= 15 is 0 Å². The van der Waals surface area contributed by atoms with Gasteiger partial charge in [-0.2, -0.15) is 0 Å². The minimum absolute atomic E-state index is 0.875. The Labute approximate surface area is 98.4 Å². The predicted molar refractivity (Wildman–Crippen MR) is 70.8 cm³/mol. The van der Waals surface area contributed by atoms with Crippen molar-refractivity contribution in [3.05, 3.63) is 23.8 Å². The first-order valence-electron chi connectivity index (χ1n) is 6.31. The highest BCUT2D eigenvalue weighted by Crippen LogP contribution is 2.30. The fourth-order valence-corrected chi connectivity index (χ4v) is 2.66. The van der Waals surface area contributed by atoms with Gasteiger partial charge in [-0.15, -0.1) is 0 Å². The number of rotatable bonds is 3. The van der Waals surface area contributed by atoms with Crippen molar-refractivity contribution >= 4 is 11.4 Å². The predicted octanol–water partition coefficient (Wildman–Crippen LogP) is 3.20. The van der Waals surface area contributed by atoms with Crippen LogP contribution in [0.1, 0.15) is 31.7 Å². The van der Waals surface area contributed by atoms with Crippen molar-refractivity contribution in [2.75, 3.05) is 23.7 Å². The SMILES string of the molecule is CCCC1CCN(c2cc(N)ccc2C)C1. The quantitative estimate of drug-likeness (QED) is 0.789. The molecule has 2 N–H and O–H groups in total. The standard InChI is InChI=1S/C14H22N2/c1-3-4-12-7-8-16(10-12)14-9-13(15)6-5-11(14)2/h5-6,9,12H,3-4,7-8,10,15H2,1-2H3. The van der Waals surface area contributed by atoms with Crippen LogP contribution in [0.15, 0.2) is 18.2 Å². The van der Waals surface area contributed by atoms with Gasteiger partial charge < -0.3 is 10.6 Å². The Morgan fingerprint density at radius 3 is 3.00 bits per heavy atom. The molecule has 2 nitrogen and oxygen atoms in total. The average Bonchev–Trinajstić information content (AvgIpc) is 2.71. The van der Waals surface area contributed by atoms with E-state index in [1.807, 2.05) is 6.07 Å². The average molecular weight is 218 g/mol. The highest BCUT2D eigenvalue weighted by molar-refractivity contribution is 5.61. The second kappa shape index (κ2) is 4.77. The summed E-state index contributed by atoms with van der Waals surface area (Å²) in [5.41, 5.74) is 9.41. The summed E-state index contributed by atoms with van der Waals surface area (Å²) < 4.78 is 0. The Bertz CT molecular complexity index is 360. The van der Waals surface area contributed by atoms with Gasteiger partial charge >= 0.3 is 0 Å². The van der Waals surface area contributed by atoms with Crippen molar-refractivity contribution in [2.24, 2.45) is 5.92 Å². The molecule has 1 atom stereocenters. The number of aryl methyl sites for hydroxylation is 1. The number of nitrogen functional groups attached to an aromatic ring is 1. The number of hydrogen-bond acceptors (Lipinski definition) is 2. The lowest BCUT2D eigenvalue weighted by Gasteiger charge is -2.21. The molecule has 16 heavy (non-hydrogen) atoms. The summed E-state index contributed by atoms with van der Waals surface area (Å²) in [6, 6.07) is 6.22. The molecule has 0 spiro atoms. The molecule has 88 valence electrons. The highest BCUT2D eigenvalue weighted by Gasteiger charge is 2.22. The van der Waals surface area contributed by atoms with E-state index in [-0.39, 0.29) is 0 Å². The van der Waals surface area contributed by atoms with Crippen molar-refractivity contribution < 1.29 is 0 Å². The molecule has 1 aromatic rings. The van der Waals surface area contributed by atoms with E-state index in [4.69, 9.17) is 5.73 Å². The highest BCUT2D eigenvalue weighted by atomic mass is 15.2. The molecule has 0 aliphatic carbocycles. The fourth-order valence-electron chi connectivity index (χ4n) is 2.66. The molecule has 0 saturated carbocycles. The van der Waals surface area contributed by atoms with Crippen molar-refractivity contribution in [1.29, 1.82) is 0 Å². The van der Waals surface area contributed by atoms with Crippen LogP contribution in [0.2, 0.25) is 0 Å². The molecule has 2 rings (SSSR count). The molecule has 1 aliphatic rings. The number of hydrogen-bond donors (Lipinski definition) is 1. The second-order valence-electron chi connectivity index (χ2n) is 4.94. The maximum Gasteiger partial charge on any atom is 0.0416 e. The normalized spacial score (nSPS) is 20.4. The zero-order valence-corrected chi connectivity index (χ0v) is 10.4. The van der Waals surface area contributed by atoms with E-state index in [0.29, 0.717) is 0 Å². The van der Waals surface area contributed by atoms with Crippen molar-refractivity contribution in [3.63, 3.8) is 0 Å². The third kappa shape index (κ3) is 2.31. The van der Waals surface area contributed by atoms with Crippen LogP contribution in [0.25, 0.3) is 0 Å². The molecule has 0 bridgehead atoms. The first kappa shape index (κ1) is 11.3. The Hall–Kier alpha value is -1.18. The Balaban J connectivity index is 2.11. The van der Waals surface area contributed by atoms with Crippen LogP contribution in [-0.2, 0) is 0 Å². The number of anilines is 2. The van der Waals surface area contributed by atoms with Gasteiger partial charge in [0.1, 0.15) is 0 Å². The van der Waals surface area contributed by atoms with Gasteiger partial charge in [0.25, 0.3) is 0 Å². The van der Waals surface area contributed by atoms with Crippen LogP contribution >= 0.6 is 0 Å². The zero-order valence-electron chi connectivity index (χ0n) is 10.4. The summed E-state index contributed by atoms with van der Waals surface area (Å²) >= 11 is 0. The van der Waals surface area contributed by atoms with Gasteiger partial charge in [-0.05, 0) is 43.4 Å². The van der Waals surface area contributed by atoms with Crippen LogP contribution in [-0.4, -0.2) is 13.1 Å². The second-order valence-corrected chi connectivity index (χ2v) is 4.94. The molecular weight excluding hydrogens is 196 g/mol. The lowest BCUT2D eigenvalue weighted by atomic mass is 10.0. The molecular formula is C14H22N2. The van der Waals surface area contributed by atoms with Gasteiger partial charge in [0.15, 0.2) is 0 Å². The van der Waals surface area contributed by atoms with Crippen molar-refractivity contribution in [1.82, 2.24) is 0 Å².